The Labute approximate surface area is 130 Å². The summed E-state index contributed by atoms with van der Waals surface area (Å²) >= 11 is 0. The largest absolute Gasteiger partial charge is 0.465 e. The van der Waals surface area contributed by atoms with Crippen LogP contribution in [-0.4, -0.2) is 75.2 Å². The van der Waals surface area contributed by atoms with Gasteiger partial charge >= 0.3 is 5.97 Å². The van der Waals surface area contributed by atoms with Crippen molar-refractivity contribution in [3.8, 4) is 0 Å². The Morgan fingerprint density at radius 2 is 2.05 bits per heavy atom. The molecule has 5 nitrogen and oxygen atoms in total. The van der Waals surface area contributed by atoms with Crippen LogP contribution in [0.4, 0.5) is 0 Å². The molecule has 1 aliphatic heterocycles. The summed E-state index contributed by atoms with van der Waals surface area (Å²) in [5, 5.41) is 3.30. The van der Waals surface area contributed by atoms with Gasteiger partial charge in [-0.3, -0.25) is 4.79 Å². The Morgan fingerprint density at radius 3 is 2.62 bits per heavy atom. The predicted molar refractivity (Wildman–Crippen MR) is 86.4 cm³/mol. The molecule has 0 bridgehead atoms. The van der Waals surface area contributed by atoms with E-state index < -0.39 is 0 Å². The van der Waals surface area contributed by atoms with E-state index in [4.69, 9.17) is 4.74 Å². The lowest BCUT2D eigenvalue weighted by Gasteiger charge is -2.32. The monoisotopic (exact) mass is 299 g/mol. The van der Waals surface area contributed by atoms with Crippen LogP contribution in [0.15, 0.2) is 0 Å². The van der Waals surface area contributed by atoms with E-state index in [0.29, 0.717) is 6.61 Å². The van der Waals surface area contributed by atoms with Gasteiger partial charge in [0.15, 0.2) is 0 Å². The van der Waals surface area contributed by atoms with Crippen LogP contribution in [0.1, 0.15) is 33.1 Å². The summed E-state index contributed by atoms with van der Waals surface area (Å²) in [4.78, 5) is 16.7. The Bertz CT molecular complexity index is 291. The van der Waals surface area contributed by atoms with Gasteiger partial charge in [0.2, 0.25) is 0 Å². The fourth-order valence-electron chi connectivity index (χ4n) is 2.86. The third-order valence-electron chi connectivity index (χ3n) is 4.11. The minimum Gasteiger partial charge on any atom is -0.465 e. The first-order valence-corrected chi connectivity index (χ1v) is 8.33. The Balaban J connectivity index is 2.39. The van der Waals surface area contributed by atoms with Gasteiger partial charge in [0.05, 0.1) is 6.61 Å². The highest BCUT2D eigenvalue weighted by Gasteiger charge is 2.23. The minimum absolute atomic E-state index is 0.124. The third-order valence-corrected chi connectivity index (χ3v) is 4.11. The number of piperidine rings is 1. The van der Waals surface area contributed by atoms with Gasteiger partial charge in [-0.1, -0.05) is 6.92 Å². The molecule has 0 aliphatic carbocycles. The molecule has 1 saturated heterocycles. The molecule has 1 heterocycles. The van der Waals surface area contributed by atoms with E-state index in [1.807, 2.05) is 6.92 Å². The number of likely N-dealkylation sites (tertiary alicyclic amines) is 1. The first-order valence-electron chi connectivity index (χ1n) is 8.33. The lowest BCUT2D eigenvalue weighted by Crippen LogP contribution is -2.47. The molecule has 0 aromatic carbocycles. The molecular weight excluding hydrogens is 266 g/mol. The van der Waals surface area contributed by atoms with Crippen LogP contribution in [0.5, 0.6) is 0 Å². The average molecular weight is 299 g/mol. The highest BCUT2D eigenvalue weighted by Crippen LogP contribution is 2.16. The molecular formula is C16H33N3O2. The molecule has 0 aromatic rings. The molecule has 5 heteroatoms. The van der Waals surface area contributed by atoms with Crippen molar-refractivity contribution in [3.05, 3.63) is 0 Å². The fourth-order valence-corrected chi connectivity index (χ4v) is 2.86. The molecule has 1 atom stereocenters. The van der Waals surface area contributed by atoms with Crippen LogP contribution >= 0.6 is 0 Å². The van der Waals surface area contributed by atoms with Gasteiger partial charge in [-0.05, 0) is 65.8 Å². The zero-order chi connectivity index (χ0) is 15.7. The molecule has 0 saturated carbocycles. The molecule has 0 amide bonds. The third kappa shape index (κ3) is 7.25. The predicted octanol–water partition coefficient (Wildman–Crippen LogP) is 1.19. The number of carbonyl (C=O) groups is 1. The second-order valence-corrected chi connectivity index (χ2v) is 6.23. The summed E-state index contributed by atoms with van der Waals surface area (Å²) in [5.41, 5.74) is 0. The number of hydrogen-bond acceptors (Lipinski definition) is 5. The fraction of sp³-hybridized carbons (Fsp3) is 0.938. The normalized spacial score (nSPS) is 18.9. The standard InChI is InChI=1S/C16H33N3O2/c1-5-9-17-15(16(20)21-6-2)13-19(4)12-14-7-10-18(3)11-8-14/h14-15,17H,5-13H2,1-4H3. The number of ether oxygens (including phenoxy) is 1. The molecule has 1 rings (SSSR count). The first-order chi connectivity index (χ1) is 10.1. The van der Waals surface area contributed by atoms with Crippen molar-refractivity contribution >= 4 is 5.97 Å². The summed E-state index contributed by atoms with van der Waals surface area (Å²) in [6.07, 6.45) is 3.54. The van der Waals surface area contributed by atoms with Crippen molar-refractivity contribution in [1.82, 2.24) is 15.1 Å². The van der Waals surface area contributed by atoms with Crippen molar-refractivity contribution in [3.63, 3.8) is 0 Å². The van der Waals surface area contributed by atoms with E-state index in [-0.39, 0.29) is 12.0 Å². The summed E-state index contributed by atoms with van der Waals surface area (Å²) in [5.74, 6) is 0.626. The van der Waals surface area contributed by atoms with Crippen LogP contribution in [0, 0.1) is 5.92 Å². The number of esters is 1. The van der Waals surface area contributed by atoms with Crippen LogP contribution in [0.2, 0.25) is 0 Å². The molecule has 1 unspecified atom stereocenters. The van der Waals surface area contributed by atoms with Crippen LogP contribution < -0.4 is 5.32 Å². The summed E-state index contributed by atoms with van der Waals surface area (Å²) in [6, 6.07) is -0.207. The van der Waals surface area contributed by atoms with Crippen molar-refractivity contribution in [2.75, 3.05) is 53.4 Å². The Morgan fingerprint density at radius 1 is 1.38 bits per heavy atom. The summed E-state index contributed by atoms with van der Waals surface area (Å²) in [6.45, 7) is 9.44. The summed E-state index contributed by atoms with van der Waals surface area (Å²) in [7, 11) is 4.30. The lowest BCUT2D eigenvalue weighted by molar-refractivity contribution is -0.146. The zero-order valence-electron chi connectivity index (χ0n) is 14.2. The van der Waals surface area contributed by atoms with Crippen LogP contribution in [0.3, 0.4) is 0 Å². The zero-order valence-corrected chi connectivity index (χ0v) is 14.2. The Kier molecular flexibility index (Phi) is 8.88. The number of carbonyl (C=O) groups excluding carboxylic acids is 1. The molecule has 1 N–H and O–H groups in total. The minimum atomic E-state index is -0.207. The number of nitrogens with one attached hydrogen (secondary N) is 1. The van der Waals surface area contributed by atoms with E-state index in [9.17, 15) is 4.79 Å². The molecule has 124 valence electrons. The van der Waals surface area contributed by atoms with Gasteiger partial charge in [-0.2, -0.15) is 0 Å². The highest BCUT2D eigenvalue weighted by atomic mass is 16.5. The maximum atomic E-state index is 12.0. The van der Waals surface area contributed by atoms with Crippen LogP contribution in [-0.2, 0) is 9.53 Å². The van der Waals surface area contributed by atoms with Crippen molar-refractivity contribution in [2.45, 2.75) is 39.2 Å². The SMILES string of the molecule is CCCNC(CN(C)CC1CCN(C)CC1)C(=O)OCC. The molecule has 1 fully saturated rings. The van der Waals surface area contributed by atoms with Crippen molar-refractivity contribution in [2.24, 2.45) is 5.92 Å². The maximum Gasteiger partial charge on any atom is 0.324 e. The van der Waals surface area contributed by atoms with Gasteiger partial charge in [-0.15, -0.1) is 0 Å². The first kappa shape index (κ1) is 18.4. The Hall–Kier alpha value is -0.650. The molecule has 0 spiro atoms. The van der Waals surface area contributed by atoms with Crippen molar-refractivity contribution in [1.29, 1.82) is 0 Å². The smallest absolute Gasteiger partial charge is 0.324 e. The molecule has 0 aromatic heterocycles. The van der Waals surface area contributed by atoms with E-state index in [2.05, 4.69) is 36.1 Å². The molecule has 0 radical (unpaired) electrons. The lowest BCUT2D eigenvalue weighted by atomic mass is 9.96. The van der Waals surface area contributed by atoms with Gasteiger partial charge in [-0.25, -0.2) is 0 Å². The van der Waals surface area contributed by atoms with Gasteiger partial charge in [0, 0.05) is 13.1 Å². The van der Waals surface area contributed by atoms with Crippen molar-refractivity contribution < 1.29 is 9.53 Å². The topological polar surface area (TPSA) is 44.8 Å². The number of hydrogen-bond donors (Lipinski definition) is 1. The van der Waals surface area contributed by atoms with Gasteiger partial charge < -0.3 is 19.9 Å². The maximum absolute atomic E-state index is 12.0. The van der Waals surface area contributed by atoms with Crippen LogP contribution in [0.25, 0.3) is 0 Å². The highest BCUT2D eigenvalue weighted by molar-refractivity contribution is 5.76. The van der Waals surface area contributed by atoms with E-state index in [0.717, 1.165) is 32.0 Å². The molecule has 21 heavy (non-hydrogen) atoms. The second kappa shape index (κ2) is 10.1. The average Bonchev–Trinajstić information content (AvgIpc) is 2.46. The van der Waals surface area contributed by atoms with E-state index >= 15 is 0 Å². The number of likely N-dealkylation sites (N-methyl/N-ethyl adjacent to an activating group) is 1. The second-order valence-electron chi connectivity index (χ2n) is 6.23. The quantitative estimate of drug-likeness (QED) is 0.648. The van der Waals surface area contributed by atoms with Gasteiger partial charge in [0.25, 0.3) is 0 Å². The van der Waals surface area contributed by atoms with E-state index in [1.165, 1.54) is 25.9 Å². The van der Waals surface area contributed by atoms with Gasteiger partial charge in [0.1, 0.15) is 6.04 Å². The number of rotatable bonds is 9. The number of nitrogens with zero attached hydrogens (tertiary/aromatic N) is 2. The molecule has 1 aliphatic rings. The van der Waals surface area contributed by atoms with E-state index in [1.54, 1.807) is 0 Å². The summed E-state index contributed by atoms with van der Waals surface area (Å²) < 4.78 is 5.17.